The Kier molecular flexibility index (Phi) is 4.47. The Hall–Kier alpha value is -1.78. The molecule has 5 heteroatoms. The summed E-state index contributed by atoms with van der Waals surface area (Å²) in [7, 11) is 3.59. The average molecular weight is 307 g/mol. The molecule has 0 bridgehead atoms. The SMILES string of the molecule is COc1ccc(N(C)c2ccc(Cl)cc2C(N)=S)cc1. The van der Waals surface area contributed by atoms with Crippen LogP contribution in [0.5, 0.6) is 5.75 Å². The van der Waals surface area contributed by atoms with Gasteiger partial charge in [-0.2, -0.15) is 0 Å². The molecular weight excluding hydrogens is 292 g/mol. The first-order valence-electron chi connectivity index (χ1n) is 6.00. The fourth-order valence-corrected chi connectivity index (χ4v) is 2.28. The fraction of sp³-hybridized carbons (Fsp3) is 0.133. The number of hydrogen-bond acceptors (Lipinski definition) is 3. The fourth-order valence-electron chi connectivity index (χ4n) is 1.94. The van der Waals surface area contributed by atoms with Crippen LogP contribution in [0, 0.1) is 0 Å². The normalized spacial score (nSPS) is 10.2. The number of halogens is 1. The molecule has 0 amide bonds. The van der Waals surface area contributed by atoms with E-state index in [0.29, 0.717) is 10.0 Å². The minimum Gasteiger partial charge on any atom is -0.497 e. The smallest absolute Gasteiger partial charge is 0.119 e. The van der Waals surface area contributed by atoms with Gasteiger partial charge in [-0.25, -0.2) is 0 Å². The first-order chi connectivity index (χ1) is 9.52. The lowest BCUT2D eigenvalue weighted by atomic mass is 10.1. The summed E-state index contributed by atoms with van der Waals surface area (Å²) in [5.74, 6) is 0.813. The molecule has 0 aromatic heterocycles. The van der Waals surface area contributed by atoms with Gasteiger partial charge in [-0.15, -0.1) is 0 Å². The van der Waals surface area contributed by atoms with E-state index >= 15 is 0 Å². The van der Waals surface area contributed by atoms with Crippen molar-refractivity contribution in [3.63, 3.8) is 0 Å². The van der Waals surface area contributed by atoms with Crippen LogP contribution < -0.4 is 15.4 Å². The highest BCUT2D eigenvalue weighted by atomic mass is 35.5. The largest absolute Gasteiger partial charge is 0.497 e. The highest BCUT2D eigenvalue weighted by Crippen LogP contribution is 2.30. The topological polar surface area (TPSA) is 38.5 Å². The van der Waals surface area contributed by atoms with Crippen LogP contribution in [-0.4, -0.2) is 19.1 Å². The Balaban J connectivity index is 2.41. The van der Waals surface area contributed by atoms with Crippen molar-refractivity contribution in [2.45, 2.75) is 0 Å². The van der Waals surface area contributed by atoms with Crippen molar-refractivity contribution in [3.8, 4) is 5.75 Å². The second kappa shape index (κ2) is 6.11. The predicted molar refractivity (Wildman–Crippen MR) is 88.4 cm³/mol. The van der Waals surface area contributed by atoms with E-state index in [1.54, 1.807) is 13.2 Å². The monoisotopic (exact) mass is 306 g/mol. The van der Waals surface area contributed by atoms with Gasteiger partial charge in [0, 0.05) is 23.3 Å². The Labute approximate surface area is 128 Å². The van der Waals surface area contributed by atoms with Gasteiger partial charge >= 0.3 is 0 Å². The van der Waals surface area contributed by atoms with E-state index in [4.69, 9.17) is 34.3 Å². The number of benzene rings is 2. The molecule has 0 atom stereocenters. The Morgan fingerprint density at radius 1 is 1.20 bits per heavy atom. The van der Waals surface area contributed by atoms with Gasteiger partial charge in [-0.1, -0.05) is 23.8 Å². The molecular formula is C15H15ClN2OS. The molecule has 0 spiro atoms. The number of rotatable bonds is 4. The molecule has 0 radical (unpaired) electrons. The molecule has 3 nitrogen and oxygen atoms in total. The zero-order valence-corrected chi connectivity index (χ0v) is 12.8. The number of hydrogen-bond donors (Lipinski definition) is 1. The third kappa shape index (κ3) is 3.03. The highest BCUT2D eigenvalue weighted by molar-refractivity contribution is 7.80. The number of anilines is 2. The second-order valence-electron chi connectivity index (χ2n) is 4.28. The summed E-state index contributed by atoms with van der Waals surface area (Å²) >= 11 is 11.1. The van der Waals surface area contributed by atoms with Crippen LogP contribution in [0.1, 0.15) is 5.56 Å². The molecule has 0 aliphatic heterocycles. The second-order valence-corrected chi connectivity index (χ2v) is 5.16. The average Bonchev–Trinajstić information content (AvgIpc) is 2.46. The van der Waals surface area contributed by atoms with Crippen LogP contribution in [0.25, 0.3) is 0 Å². The molecule has 20 heavy (non-hydrogen) atoms. The molecule has 0 aliphatic carbocycles. The summed E-state index contributed by atoms with van der Waals surface area (Å²) in [4.78, 5) is 2.33. The first kappa shape index (κ1) is 14.6. The molecule has 0 saturated heterocycles. The number of thiocarbonyl (C=S) groups is 1. The third-order valence-corrected chi connectivity index (χ3v) is 3.50. The zero-order chi connectivity index (χ0) is 14.7. The minimum absolute atomic E-state index is 0.322. The van der Waals surface area contributed by atoms with Gasteiger partial charge in [0.05, 0.1) is 12.8 Å². The van der Waals surface area contributed by atoms with Crippen molar-refractivity contribution >= 4 is 40.2 Å². The quantitative estimate of drug-likeness (QED) is 0.873. The van der Waals surface area contributed by atoms with Crippen molar-refractivity contribution in [3.05, 3.63) is 53.1 Å². The molecule has 2 rings (SSSR count). The number of nitrogens with zero attached hydrogens (tertiary/aromatic N) is 1. The van der Waals surface area contributed by atoms with E-state index in [1.807, 2.05) is 48.3 Å². The maximum Gasteiger partial charge on any atom is 0.119 e. The summed E-state index contributed by atoms with van der Waals surface area (Å²) in [6.07, 6.45) is 0. The van der Waals surface area contributed by atoms with E-state index in [1.165, 1.54) is 0 Å². The lowest BCUT2D eigenvalue weighted by Crippen LogP contribution is -2.17. The van der Waals surface area contributed by atoms with Crippen LogP contribution in [0.4, 0.5) is 11.4 Å². The summed E-state index contributed by atoms with van der Waals surface area (Å²) in [6.45, 7) is 0. The highest BCUT2D eigenvalue weighted by Gasteiger charge is 2.12. The minimum atomic E-state index is 0.322. The molecule has 2 aromatic rings. The summed E-state index contributed by atoms with van der Waals surface area (Å²) in [5.41, 5.74) is 8.44. The van der Waals surface area contributed by atoms with E-state index < -0.39 is 0 Å². The Morgan fingerprint density at radius 3 is 2.40 bits per heavy atom. The molecule has 0 aliphatic rings. The standard InChI is InChI=1S/C15H15ClN2OS/c1-18(11-4-6-12(19-2)7-5-11)14-8-3-10(16)9-13(14)15(17)20/h3-9H,1-2H3,(H2,17,20). The van der Waals surface area contributed by atoms with Crippen LogP contribution in [-0.2, 0) is 0 Å². The van der Waals surface area contributed by atoms with Crippen LogP contribution >= 0.6 is 23.8 Å². The maximum absolute atomic E-state index is 6.00. The van der Waals surface area contributed by atoms with Gasteiger partial charge in [0.1, 0.15) is 10.7 Å². The molecule has 0 heterocycles. The van der Waals surface area contributed by atoms with Crippen LogP contribution in [0.3, 0.4) is 0 Å². The van der Waals surface area contributed by atoms with Crippen LogP contribution in [0.15, 0.2) is 42.5 Å². The molecule has 0 saturated carbocycles. The Bertz CT molecular complexity index is 628. The zero-order valence-electron chi connectivity index (χ0n) is 11.3. The van der Waals surface area contributed by atoms with E-state index in [0.717, 1.165) is 22.7 Å². The van der Waals surface area contributed by atoms with E-state index in [2.05, 4.69) is 0 Å². The first-order valence-corrected chi connectivity index (χ1v) is 6.78. The summed E-state index contributed by atoms with van der Waals surface area (Å²) < 4.78 is 5.16. The predicted octanol–water partition coefficient (Wildman–Crippen LogP) is 3.75. The van der Waals surface area contributed by atoms with Gasteiger partial charge in [0.25, 0.3) is 0 Å². The Morgan fingerprint density at radius 2 is 1.85 bits per heavy atom. The van der Waals surface area contributed by atoms with Gasteiger partial charge in [-0.3, -0.25) is 0 Å². The van der Waals surface area contributed by atoms with Crippen molar-refractivity contribution in [1.29, 1.82) is 0 Å². The summed E-state index contributed by atoms with van der Waals surface area (Å²) in [5, 5.41) is 0.611. The maximum atomic E-state index is 6.00. The number of methoxy groups -OCH3 is 1. The van der Waals surface area contributed by atoms with Gasteiger partial charge < -0.3 is 15.4 Å². The lowest BCUT2D eigenvalue weighted by Gasteiger charge is -2.22. The number of nitrogens with two attached hydrogens (primary N) is 1. The third-order valence-electron chi connectivity index (χ3n) is 3.05. The molecule has 2 N–H and O–H groups in total. The summed E-state index contributed by atoms with van der Waals surface area (Å²) in [6, 6.07) is 13.2. The van der Waals surface area contributed by atoms with E-state index in [-0.39, 0.29) is 0 Å². The van der Waals surface area contributed by atoms with Crippen molar-refractivity contribution in [2.75, 3.05) is 19.1 Å². The van der Waals surface area contributed by atoms with Crippen molar-refractivity contribution in [1.82, 2.24) is 0 Å². The number of ether oxygens (including phenoxy) is 1. The van der Waals surface area contributed by atoms with Crippen molar-refractivity contribution in [2.24, 2.45) is 5.73 Å². The van der Waals surface area contributed by atoms with Gasteiger partial charge in [-0.05, 0) is 42.5 Å². The van der Waals surface area contributed by atoms with Crippen molar-refractivity contribution < 1.29 is 4.74 Å². The lowest BCUT2D eigenvalue weighted by molar-refractivity contribution is 0.415. The molecule has 0 unspecified atom stereocenters. The van der Waals surface area contributed by atoms with Gasteiger partial charge in [0.15, 0.2) is 0 Å². The molecule has 2 aromatic carbocycles. The molecule has 104 valence electrons. The van der Waals surface area contributed by atoms with Gasteiger partial charge in [0.2, 0.25) is 0 Å². The van der Waals surface area contributed by atoms with E-state index in [9.17, 15) is 0 Å². The molecule has 0 fully saturated rings. The van der Waals surface area contributed by atoms with Crippen LogP contribution in [0.2, 0.25) is 5.02 Å².